The molecular formula is C19H38O2. The van der Waals surface area contributed by atoms with Crippen molar-refractivity contribution in [2.45, 2.75) is 104 Å². The van der Waals surface area contributed by atoms with Gasteiger partial charge in [-0.1, -0.05) is 85.0 Å². The van der Waals surface area contributed by atoms with Crippen LogP contribution in [0.5, 0.6) is 0 Å². The molecule has 0 spiro atoms. The average molecular weight is 299 g/mol. The molecule has 0 fully saturated rings. The summed E-state index contributed by atoms with van der Waals surface area (Å²) >= 11 is 0. The number of unbranched alkanes of at least 4 members (excludes halogenated alkanes) is 9. The van der Waals surface area contributed by atoms with Crippen LogP contribution in [-0.2, 0) is 9.53 Å². The van der Waals surface area contributed by atoms with Crippen LogP contribution in [0.15, 0.2) is 0 Å². The van der Waals surface area contributed by atoms with Crippen molar-refractivity contribution in [1.29, 1.82) is 0 Å². The standard InChI is InChI=1S/C19H38O2/c1-4-7-8-9-10-11-12-13-14-15-17-21-19(20)18(6-3)16-5-2/h18H,4-17H2,1-3H3. The Hall–Kier alpha value is -0.530. The molecule has 0 aromatic heterocycles. The van der Waals surface area contributed by atoms with Crippen molar-refractivity contribution in [2.24, 2.45) is 5.92 Å². The molecule has 0 amide bonds. The largest absolute Gasteiger partial charge is 0.465 e. The first-order valence-electron chi connectivity index (χ1n) is 9.42. The number of esters is 1. The number of ether oxygens (including phenoxy) is 1. The van der Waals surface area contributed by atoms with Crippen LogP contribution in [0.25, 0.3) is 0 Å². The molecule has 21 heavy (non-hydrogen) atoms. The Kier molecular flexibility index (Phi) is 15.5. The van der Waals surface area contributed by atoms with Gasteiger partial charge in [-0.15, -0.1) is 0 Å². The van der Waals surface area contributed by atoms with Crippen LogP contribution in [0.2, 0.25) is 0 Å². The fourth-order valence-electron chi connectivity index (χ4n) is 2.72. The van der Waals surface area contributed by atoms with E-state index in [1.54, 1.807) is 0 Å². The van der Waals surface area contributed by atoms with E-state index in [1.165, 1.54) is 57.8 Å². The summed E-state index contributed by atoms with van der Waals surface area (Å²) in [6.45, 7) is 7.08. The number of carbonyl (C=O) groups is 1. The van der Waals surface area contributed by atoms with Gasteiger partial charge in [-0.3, -0.25) is 4.79 Å². The summed E-state index contributed by atoms with van der Waals surface area (Å²) in [6.07, 6.45) is 16.1. The van der Waals surface area contributed by atoms with Crippen LogP contribution < -0.4 is 0 Å². The molecule has 0 heterocycles. The van der Waals surface area contributed by atoms with E-state index in [-0.39, 0.29) is 11.9 Å². The summed E-state index contributed by atoms with van der Waals surface area (Å²) < 4.78 is 5.38. The van der Waals surface area contributed by atoms with Crippen molar-refractivity contribution in [3.63, 3.8) is 0 Å². The molecule has 0 aromatic carbocycles. The molecule has 2 heteroatoms. The minimum absolute atomic E-state index is 0.0234. The fraction of sp³-hybridized carbons (Fsp3) is 0.947. The lowest BCUT2D eigenvalue weighted by atomic mass is 10.0. The van der Waals surface area contributed by atoms with E-state index in [9.17, 15) is 4.79 Å². The SMILES string of the molecule is CCCCCCCCCCCCOC(=O)C(CC)CCC. The van der Waals surface area contributed by atoms with E-state index in [0.717, 1.165) is 25.7 Å². The Morgan fingerprint density at radius 2 is 1.29 bits per heavy atom. The van der Waals surface area contributed by atoms with Gasteiger partial charge in [-0.25, -0.2) is 0 Å². The van der Waals surface area contributed by atoms with Gasteiger partial charge < -0.3 is 4.74 Å². The maximum absolute atomic E-state index is 11.8. The second kappa shape index (κ2) is 15.9. The van der Waals surface area contributed by atoms with E-state index in [1.807, 2.05) is 0 Å². The summed E-state index contributed by atoms with van der Waals surface area (Å²) in [4.78, 5) is 11.8. The summed E-state index contributed by atoms with van der Waals surface area (Å²) in [5, 5.41) is 0. The predicted molar refractivity (Wildman–Crippen MR) is 91.5 cm³/mol. The lowest BCUT2D eigenvalue weighted by Crippen LogP contribution is -2.17. The fourth-order valence-corrected chi connectivity index (χ4v) is 2.72. The van der Waals surface area contributed by atoms with Crippen molar-refractivity contribution in [3.05, 3.63) is 0 Å². The Balaban J connectivity index is 3.30. The van der Waals surface area contributed by atoms with Gasteiger partial charge in [0.1, 0.15) is 0 Å². The zero-order valence-corrected chi connectivity index (χ0v) is 14.8. The first-order chi connectivity index (χ1) is 10.3. The molecule has 0 radical (unpaired) electrons. The van der Waals surface area contributed by atoms with Crippen LogP contribution in [-0.4, -0.2) is 12.6 Å². The number of hydrogen-bond donors (Lipinski definition) is 0. The van der Waals surface area contributed by atoms with Gasteiger partial charge in [0.2, 0.25) is 0 Å². The van der Waals surface area contributed by atoms with Crippen molar-refractivity contribution in [2.75, 3.05) is 6.61 Å². The van der Waals surface area contributed by atoms with Gasteiger partial charge in [0.15, 0.2) is 0 Å². The van der Waals surface area contributed by atoms with Gasteiger partial charge in [0, 0.05) is 0 Å². The van der Waals surface area contributed by atoms with Gasteiger partial charge >= 0.3 is 5.97 Å². The summed E-state index contributed by atoms with van der Waals surface area (Å²) in [7, 11) is 0. The maximum Gasteiger partial charge on any atom is 0.308 e. The molecule has 126 valence electrons. The van der Waals surface area contributed by atoms with E-state index in [0.29, 0.717) is 6.61 Å². The van der Waals surface area contributed by atoms with Crippen LogP contribution in [0, 0.1) is 5.92 Å². The molecule has 0 aromatic rings. The Bertz CT molecular complexity index is 226. The Morgan fingerprint density at radius 3 is 1.76 bits per heavy atom. The second-order valence-electron chi connectivity index (χ2n) is 6.24. The zero-order chi connectivity index (χ0) is 15.8. The summed E-state index contributed by atoms with van der Waals surface area (Å²) in [6, 6.07) is 0. The first kappa shape index (κ1) is 20.5. The van der Waals surface area contributed by atoms with Crippen molar-refractivity contribution >= 4 is 5.97 Å². The first-order valence-corrected chi connectivity index (χ1v) is 9.42. The molecular weight excluding hydrogens is 260 g/mol. The molecule has 0 aliphatic carbocycles. The molecule has 1 unspecified atom stereocenters. The Morgan fingerprint density at radius 1 is 0.762 bits per heavy atom. The predicted octanol–water partition coefficient (Wildman–Crippen LogP) is 6.28. The van der Waals surface area contributed by atoms with Gasteiger partial charge in [-0.2, -0.15) is 0 Å². The average Bonchev–Trinajstić information content (AvgIpc) is 2.50. The van der Waals surface area contributed by atoms with E-state index in [4.69, 9.17) is 4.74 Å². The molecule has 0 N–H and O–H groups in total. The van der Waals surface area contributed by atoms with Crippen LogP contribution in [0.1, 0.15) is 104 Å². The van der Waals surface area contributed by atoms with Crippen molar-refractivity contribution < 1.29 is 9.53 Å². The molecule has 0 bridgehead atoms. The van der Waals surface area contributed by atoms with Crippen molar-refractivity contribution in [3.8, 4) is 0 Å². The third kappa shape index (κ3) is 12.9. The molecule has 1 atom stereocenters. The van der Waals surface area contributed by atoms with E-state index >= 15 is 0 Å². The van der Waals surface area contributed by atoms with Gasteiger partial charge in [0.05, 0.1) is 12.5 Å². The highest BCUT2D eigenvalue weighted by Crippen LogP contribution is 2.14. The third-order valence-corrected chi connectivity index (χ3v) is 4.21. The molecule has 0 saturated carbocycles. The highest BCUT2D eigenvalue weighted by Gasteiger charge is 2.16. The normalized spacial score (nSPS) is 12.3. The van der Waals surface area contributed by atoms with E-state index in [2.05, 4.69) is 20.8 Å². The maximum atomic E-state index is 11.8. The molecule has 0 rings (SSSR count). The van der Waals surface area contributed by atoms with E-state index < -0.39 is 0 Å². The molecule has 0 aliphatic rings. The highest BCUT2D eigenvalue weighted by molar-refractivity contribution is 5.72. The van der Waals surface area contributed by atoms with Gasteiger partial charge in [-0.05, 0) is 19.3 Å². The second-order valence-corrected chi connectivity index (χ2v) is 6.24. The molecule has 0 saturated heterocycles. The Labute approximate surface area is 133 Å². The monoisotopic (exact) mass is 298 g/mol. The summed E-state index contributed by atoms with van der Waals surface area (Å²) in [5.41, 5.74) is 0. The summed E-state index contributed by atoms with van der Waals surface area (Å²) in [5.74, 6) is 0.147. The minimum Gasteiger partial charge on any atom is -0.465 e. The zero-order valence-electron chi connectivity index (χ0n) is 14.8. The molecule has 0 aliphatic heterocycles. The van der Waals surface area contributed by atoms with Gasteiger partial charge in [0.25, 0.3) is 0 Å². The number of hydrogen-bond acceptors (Lipinski definition) is 2. The quantitative estimate of drug-likeness (QED) is 0.263. The number of rotatable bonds is 15. The minimum atomic E-state index is 0.0234. The number of carbonyl (C=O) groups excluding carboxylic acids is 1. The topological polar surface area (TPSA) is 26.3 Å². The molecule has 2 nitrogen and oxygen atoms in total. The van der Waals surface area contributed by atoms with Crippen molar-refractivity contribution in [1.82, 2.24) is 0 Å². The van der Waals surface area contributed by atoms with Crippen LogP contribution in [0.4, 0.5) is 0 Å². The smallest absolute Gasteiger partial charge is 0.308 e. The van der Waals surface area contributed by atoms with Crippen LogP contribution >= 0.6 is 0 Å². The highest BCUT2D eigenvalue weighted by atomic mass is 16.5. The van der Waals surface area contributed by atoms with Crippen LogP contribution in [0.3, 0.4) is 0 Å². The lowest BCUT2D eigenvalue weighted by Gasteiger charge is -2.12. The third-order valence-electron chi connectivity index (χ3n) is 4.21. The lowest BCUT2D eigenvalue weighted by molar-refractivity contribution is -0.149.